The highest BCUT2D eigenvalue weighted by Gasteiger charge is 2.17. The number of para-hydroxylation sites is 1. The molecule has 0 bridgehead atoms. The first-order valence-corrected chi connectivity index (χ1v) is 13.6. The van der Waals surface area contributed by atoms with Crippen LogP contribution < -0.4 is 0 Å². The normalized spacial score (nSPS) is 11.4. The number of nitrogens with zero attached hydrogens (tertiary/aromatic N) is 3. The summed E-state index contributed by atoms with van der Waals surface area (Å²) >= 11 is 0. The van der Waals surface area contributed by atoms with Gasteiger partial charge in [0.25, 0.3) is 0 Å². The minimum absolute atomic E-state index is 0.624. The van der Waals surface area contributed by atoms with Crippen molar-refractivity contribution in [3.8, 4) is 45.3 Å². The lowest BCUT2D eigenvalue weighted by Gasteiger charge is -2.08. The van der Waals surface area contributed by atoms with Crippen molar-refractivity contribution in [2.45, 2.75) is 0 Å². The highest BCUT2D eigenvalue weighted by molar-refractivity contribution is 6.12. The average Bonchev–Trinajstić information content (AvgIpc) is 3.43. The number of hydrogen-bond acceptors (Lipinski definition) is 4. The van der Waals surface area contributed by atoms with Crippen molar-refractivity contribution in [2.24, 2.45) is 0 Å². The Balaban J connectivity index is 1.32. The Kier molecular flexibility index (Phi) is 5.42. The van der Waals surface area contributed by atoms with E-state index >= 15 is 0 Å². The fourth-order valence-electron chi connectivity index (χ4n) is 5.55. The largest absolute Gasteiger partial charge is 0.455 e. The standard InChI is InChI=1S/C37H23N3O/c1-3-12-25(13-4-1)35-38-36(26-14-5-2-6-15-26)40-37(39-35)27-21-22-33-32(23-27)31-20-10-19-30(34(31)41-33)29-18-9-16-24-11-7-8-17-28(24)29/h1-23H. The summed E-state index contributed by atoms with van der Waals surface area (Å²) in [5.74, 6) is 1.91. The smallest absolute Gasteiger partial charge is 0.164 e. The van der Waals surface area contributed by atoms with Crippen molar-refractivity contribution in [3.05, 3.63) is 140 Å². The van der Waals surface area contributed by atoms with E-state index in [1.807, 2.05) is 72.8 Å². The summed E-state index contributed by atoms with van der Waals surface area (Å²) in [5, 5.41) is 4.50. The lowest BCUT2D eigenvalue weighted by molar-refractivity contribution is 0.670. The van der Waals surface area contributed by atoms with Crippen molar-refractivity contribution in [1.29, 1.82) is 0 Å². The molecule has 0 radical (unpaired) electrons. The van der Waals surface area contributed by atoms with E-state index in [0.29, 0.717) is 17.5 Å². The van der Waals surface area contributed by atoms with Crippen LogP contribution in [0.2, 0.25) is 0 Å². The van der Waals surface area contributed by atoms with Crippen molar-refractivity contribution in [3.63, 3.8) is 0 Å². The zero-order valence-electron chi connectivity index (χ0n) is 22.0. The summed E-state index contributed by atoms with van der Waals surface area (Å²) in [7, 11) is 0. The molecule has 0 aliphatic heterocycles. The fraction of sp³-hybridized carbons (Fsp3) is 0. The van der Waals surface area contributed by atoms with Crippen molar-refractivity contribution >= 4 is 32.7 Å². The summed E-state index contributed by atoms with van der Waals surface area (Å²) in [5.41, 5.74) is 6.75. The van der Waals surface area contributed by atoms with Crippen LogP contribution in [0.4, 0.5) is 0 Å². The molecule has 0 amide bonds. The maximum atomic E-state index is 6.51. The molecule has 0 aliphatic carbocycles. The molecular formula is C37H23N3O. The maximum absolute atomic E-state index is 6.51. The number of hydrogen-bond donors (Lipinski definition) is 0. The topological polar surface area (TPSA) is 51.8 Å². The molecule has 2 heterocycles. The van der Waals surface area contributed by atoms with Crippen LogP contribution in [0, 0.1) is 0 Å². The van der Waals surface area contributed by atoms with Gasteiger partial charge in [0.1, 0.15) is 11.2 Å². The zero-order valence-corrected chi connectivity index (χ0v) is 22.0. The predicted octanol–water partition coefficient (Wildman–Crippen LogP) is 9.59. The summed E-state index contributed by atoms with van der Waals surface area (Å²) in [6.45, 7) is 0. The minimum atomic E-state index is 0.624. The summed E-state index contributed by atoms with van der Waals surface area (Å²) in [6.07, 6.45) is 0. The Bertz CT molecular complexity index is 2140. The van der Waals surface area contributed by atoms with Crippen molar-refractivity contribution in [1.82, 2.24) is 15.0 Å². The second-order valence-corrected chi connectivity index (χ2v) is 10.1. The second-order valence-electron chi connectivity index (χ2n) is 10.1. The van der Waals surface area contributed by atoms with E-state index in [1.165, 1.54) is 10.8 Å². The molecule has 8 rings (SSSR count). The Morgan fingerprint density at radius 2 is 0.951 bits per heavy atom. The van der Waals surface area contributed by atoms with Gasteiger partial charge in [0.2, 0.25) is 0 Å². The molecule has 41 heavy (non-hydrogen) atoms. The summed E-state index contributed by atoms with van der Waals surface area (Å²) in [4.78, 5) is 14.7. The highest BCUT2D eigenvalue weighted by atomic mass is 16.3. The van der Waals surface area contributed by atoms with Crippen LogP contribution in [0.1, 0.15) is 0 Å². The number of benzene rings is 6. The SMILES string of the molecule is c1ccc(-c2nc(-c3ccccc3)nc(-c3ccc4oc5c(-c6cccc7ccccc67)cccc5c4c3)n2)cc1. The van der Waals surface area contributed by atoms with E-state index in [-0.39, 0.29) is 0 Å². The van der Waals surface area contributed by atoms with Gasteiger partial charge in [-0.15, -0.1) is 0 Å². The number of aromatic nitrogens is 3. The maximum Gasteiger partial charge on any atom is 0.164 e. The molecule has 0 atom stereocenters. The van der Waals surface area contributed by atoms with E-state index in [1.54, 1.807) is 0 Å². The molecule has 0 spiro atoms. The number of furan rings is 1. The van der Waals surface area contributed by atoms with E-state index in [0.717, 1.165) is 49.8 Å². The Morgan fingerprint density at radius 3 is 1.68 bits per heavy atom. The molecule has 0 aliphatic rings. The molecule has 0 unspecified atom stereocenters. The van der Waals surface area contributed by atoms with Gasteiger partial charge >= 0.3 is 0 Å². The number of fused-ring (bicyclic) bond motifs is 4. The van der Waals surface area contributed by atoms with Crippen LogP contribution in [-0.4, -0.2) is 15.0 Å². The van der Waals surface area contributed by atoms with Crippen LogP contribution in [-0.2, 0) is 0 Å². The molecule has 0 fully saturated rings. The first-order chi connectivity index (χ1) is 20.3. The second kappa shape index (κ2) is 9.54. The van der Waals surface area contributed by atoms with Crippen LogP contribution in [0.15, 0.2) is 144 Å². The Labute approximate surface area is 236 Å². The Hall–Kier alpha value is -5.61. The van der Waals surface area contributed by atoms with Crippen molar-refractivity contribution < 1.29 is 4.42 Å². The van der Waals surface area contributed by atoms with Gasteiger partial charge in [-0.25, -0.2) is 15.0 Å². The Morgan fingerprint density at radius 1 is 0.390 bits per heavy atom. The lowest BCUT2D eigenvalue weighted by atomic mass is 9.96. The predicted molar refractivity (Wildman–Crippen MR) is 166 cm³/mol. The molecule has 0 saturated carbocycles. The first-order valence-electron chi connectivity index (χ1n) is 13.6. The van der Waals surface area contributed by atoms with Gasteiger partial charge in [0, 0.05) is 33.0 Å². The third-order valence-corrected chi connectivity index (χ3v) is 7.53. The van der Waals surface area contributed by atoms with Gasteiger partial charge in [0.15, 0.2) is 17.5 Å². The van der Waals surface area contributed by atoms with Gasteiger partial charge in [0.05, 0.1) is 0 Å². The zero-order chi connectivity index (χ0) is 27.2. The van der Waals surface area contributed by atoms with Crippen LogP contribution in [0.5, 0.6) is 0 Å². The first kappa shape index (κ1) is 23.3. The molecule has 6 aromatic carbocycles. The summed E-state index contributed by atoms with van der Waals surface area (Å²) in [6, 6.07) is 47.5. The highest BCUT2D eigenvalue weighted by Crippen LogP contribution is 2.39. The van der Waals surface area contributed by atoms with E-state index in [9.17, 15) is 0 Å². The molecule has 4 nitrogen and oxygen atoms in total. The van der Waals surface area contributed by atoms with Gasteiger partial charge < -0.3 is 4.42 Å². The van der Waals surface area contributed by atoms with Crippen LogP contribution in [0.3, 0.4) is 0 Å². The van der Waals surface area contributed by atoms with Crippen LogP contribution in [0.25, 0.3) is 78.0 Å². The van der Waals surface area contributed by atoms with Crippen molar-refractivity contribution in [2.75, 3.05) is 0 Å². The molecule has 192 valence electrons. The molecule has 8 aromatic rings. The van der Waals surface area contributed by atoms with E-state index in [2.05, 4.69) is 66.7 Å². The molecule has 4 heteroatoms. The van der Waals surface area contributed by atoms with Gasteiger partial charge in [-0.3, -0.25) is 0 Å². The van der Waals surface area contributed by atoms with Crippen LogP contribution >= 0.6 is 0 Å². The summed E-state index contributed by atoms with van der Waals surface area (Å²) < 4.78 is 6.51. The minimum Gasteiger partial charge on any atom is -0.455 e. The third kappa shape index (κ3) is 4.05. The molecule has 2 aromatic heterocycles. The number of rotatable bonds is 4. The molecule has 0 saturated heterocycles. The quantitative estimate of drug-likeness (QED) is 0.230. The fourth-order valence-corrected chi connectivity index (χ4v) is 5.55. The third-order valence-electron chi connectivity index (χ3n) is 7.53. The monoisotopic (exact) mass is 525 g/mol. The van der Waals surface area contributed by atoms with Gasteiger partial charge in [-0.2, -0.15) is 0 Å². The lowest BCUT2D eigenvalue weighted by Crippen LogP contribution is -2.00. The molecule has 0 N–H and O–H groups in total. The van der Waals surface area contributed by atoms with Gasteiger partial charge in [-0.05, 0) is 34.5 Å². The van der Waals surface area contributed by atoms with E-state index < -0.39 is 0 Å². The van der Waals surface area contributed by atoms with Gasteiger partial charge in [-0.1, -0.05) is 121 Å². The average molecular weight is 526 g/mol. The van der Waals surface area contributed by atoms with E-state index in [4.69, 9.17) is 19.4 Å². The molecular weight excluding hydrogens is 502 g/mol.